The van der Waals surface area contributed by atoms with Crippen LogP contribution in [0, 0.1) is 0 Å². The quantitative estimate of drug-likeness (QED) is 0.171. The van der Waals surface area contributed by atoms with E-state index < -0.39 is 0 Å². The molecule has 0 N–H and O–H groups in total. The van der Waals surface area contributed by atoms with Crippen LogP contribution in [0.1, 0.15) is 0 Å². The van der Waals surface area contributed by atoms with Crippen molar-refractivity contribution in [2.75, 3.05) is 0 Å². The predicted octanol–water partition coefficient (Wildman–Crippen LogP) is 13.5. The Kier molecular flexibility index (Phi) is 6.91. The molecular formula is C48H32. The van der Waals surface area contributed by atoms with Crippen LogP contribution in [-0.2, 0) is 0 Å². The normalized spacial score (nSPS) is 11.3. The summed E-state index contributed by atoms with van der Waals surface area (Å²) < 4.78 is 0. The smallest absolute Gasteiger partial charge is 0.00201 e. The molecule has 0 aromatic heterocycles. The molecule has 0 heterocycles. The molecule has 0 nitrogen and oxygen atoms in total. The molecule has 0 aliphatic carbocycles. The van der Waals surface area contributed by atoms with Gasteiger partial charge in [0.1, 0.15) is 0 Å². The van der Waals surface area contributed by atoms with Crippen LogP contribution < -0.4 is 0 Å². The summed E-state index contributed by atoms with van der Waals surface area (Å²) in [6.45, 7) is 0. The maximum absolute atomic E-state index is 2.38. The van der Waals surface area contributed by atoms with Crippen molar-refractivity contribution < 1.29 is 0 Å². The van der Waals surface area contributed by atoms with Crippen LogP contribution in [0.3, 0.4) is 0 Å². The zero-order chi connectivity index (χ0) is 31.9. The average Bonchev–Trinajstić information content (AvgIpc) is 3.17. The van der Waals surface area contributed by atoms with E-state index in [1.807, 2.05) is 0 Å². The van der Waals surface area contributed by atoms with E-state index in [4.69, 9.17) is 0 Å². The minimum Gasteiger partial charge on any atom is -0.0622 e. The van der Waals surface area contributed by atoms with Crippen LogP contribution in [0.25, 0.3) is 88.0 Å². The van der Waals surface area contributed by atoms with Gasteiger partial charge in [-0.1, -0.05) is 182 Å². The summed E-state index contributed by atoms with van der Waals surface area (Å²) in [4.78, 5) is 0. The predicted molar refractivity (Wildman–Crippen MR) is 206 cm³/mol. The van der Waals surface area contributed by atoms with Gasteiger partial charge in [-0.25, -0.2) is 0 Å². The Morgan fingerprint density at radius 1 is 0.208 bits per heavy atom. The van der Waals surface area contributed by atoms with E-state index in [9.17, 15) is 0 Å². The second kappa shape index (κ2) is 11.8. The van der Waals surface area contributed by atoms with Crippen molar-refractivity contribution in [1.82, 2.24) is 0 Å². The fourth-order valence-corrected chi connectivity index (χ4v) is 7.37. The summed E-state index contributed by atoms with van der Waals surface area (Å²) in [5, 5.41) is 7.54. The van der Waals surface area contributed by atoms with E-state index in [0.717, 1.165) is 0 Å². The lowest BCUT2D eigenvalue weighted by molar-refractivity contribution is 1.60. The first-order valence-corrected chi connectivity index (χ1v) is 16.6. The van der Waals surface area contributed by atoms with E-state index in [0.29, 0.717) is 0 Å². The highest BCUT2D eigenvalue weighted by molar-refractivity contribution is 6.22. The Hall–Kier alpha value is -6.24. The first-order valence-electron chi connectivity index (χ1n) is 16.6. The first kappa shape index (κ1) is 28.0. The number of benzene rings is 9. The van der Waals surface area contributed by atoms with Gasteiger partial charge in [0, 0.05) is 0 Å². The van der Waals surface area contributed by atoms with Crippen LogP contribution in [0.5, 0.6) is 0 Å². The monoisotopic (exact) mass is 608 g/mol. The highest BCUT2D eigenvalue weighted by atomic mass is 14.2. The SMILES string of the molecule is c1ccc(-c2ccc(-c3ccc4ccc(-c5c6ccccc6c(-c6ccccc6-c6ccccc6)c6ccccc56)cc4c3)cc2)cc1. The zero-order valence-electron chi connectivity index (χ0n) is 26.5. The molecule has 0 amide bonds. The number of fused-ring (bicyclic) bond motifs is 3. The van der Waals surface area contributed by atoms with Crippen LogP contribution in [0.4, 0.5) is 0 Å². The summed E-state index contributed by atoms with van der Waals surface area (Å²) in [5.74, 6) is 0. The molecule has 9 aromatic carbocycles. The fraction of sp³-hybridized carbons (Fsp3) is 0. The number of rotatable bonds is 5. The molecule has 0 atom stereocenters. The molecule has 9 rings (SSSR count). The van der Waals surface area contributed by atoms with Crippen molar-refractivity contribution in [1.29, 1.82) is 0 Å². The third-order valence-corrected chi connectivity index (χ3v) is 9.67. The minimum atomic E-state index is 1.22. The lowest BCUT2D eigenvalue weighted by Gasteiger charge is -2.20. The molecule has 0 aliphatic rings. The molecule has 48 heavy (non-hydrogen) atoms. The minimum absolute atomic E-state index is 1.22. The topological polar surface area (TPSA) is 0 Å². The van der Waals surface area contributed by atoms with Gasteiger partial charge in [0.25, 0.3) is 0 Å². The lowest BCUT2D eigenvalue weighted by atomic mass is 9.83. The van der Waals surface area contributed by atoms with E-state index >= 15 is 0 Å². The van der Waals surface area contributed by atoms with Crippen LogP contribution in [0.15, 0.2) is 194 Å². The molecule has 0 bridgehead atoms. The average molecular weight is 609 g/mol. The first-order chi connectivity index (χ1) is 23.8. The van der Waals surface area contributed by atoms with Crippen molar-refractivity contribution in [3.8, 4) is 55.6 Å². The maximum atomic E-state index is 2.38. The zero-order valence-corrected chi connectivity index (χ0v) is 26.5. The highest BCUT2D eigenvalue weighted by Gasteiger charge is 2.19. The third-order valence-electron chi connectivity index (χ3n) is 9.67. The van der Waals surface area contributed by atoms with Gasteiger partial charge in [-0.2, -0.15) is 0 Å². The second-order valence-electron chi connectivity index (χ2n) is 12.5. The lowest BCUT2D eigenvalue weighted by Crippen LogP contribution is -1.92. The van der Waals surface area contributed by atoms with Crippen molar-refractivity contribution in [2.45, 2.75) is 0 Å². The van der Waals surface area contributed by atoms with Crippen molar-refractivity contribution >= 4 is 32.3 Å². The number of hydrogen-bond donors (Lipinski definition) is 0. The standard InChI is InChI=1S/C48H32/c1-3-13-33(14-4-1)34-23-25-35(26-24-34)38-29-27-36-28-30-39(32-40(36)31-38)47-43-19-9-11-21-45(43)48(46-22-12-10-20-44(46)47)42-18-8-7-17-41(42)37-15-5-2-6-16-37/h1-32H. The van der Waals surface area contributed by atoms with Crippen molar-refractivity contribution in [2.24, 2.45) is 0 Å². The Morgan fingerprint density at radius 2 is 0.604 bits per heavy atom. The van der Waals surface area contributed by atoms with Gasteiger partial charge in [0.2, 0.25) is 0 Å². The highest BCUT2D eigenvalue weighted by Crippen LogP contribution is 2.46. The molecule has 0 saturated carbocycles. The van der Waals surface area contributed by atoms with E-state index in [1.54, 1.807) is 0 Å². The van der Waals surface area contributed by atoms with Gasteiger partial charge < -0.3 is 0 Å². The van der Waals surface area contributed by atoms with Crippen molar-refractivity contribution in [3.05, 3.63) is 194 Å². The molecule has 0 unspecified atom stereocenters. The summed E-state index contributed by atoms with van der Waals surface area (Å²) in [6.07, 6.45) is 0. The molecule has 224 valence electrons. The van der Waals surface area contributed by atoms with Crippen LogP contribution >= 0.6 is 0 Å². The number of hydrogen-bond acceptors (Lipinski definition) is 0. The third kappa shape index (κ3) is 4.87. The van der Waals surface area contributed by atoms with Crippen LogP contribution in [0.2, 0.25) is 0 Å². The molecule has 0 radical (unpaired) electrons. The molecule has 0 saturated heterocycles. The summed E-state index contributed by atoms with van der Waals surface area (Å²) in [5.41, 5.74) is 12.4. The molecule has 0 aliphatic heterocycles. The molecule has 0 fully saturated rings. The maximum Gasteiger partial charge on any atom is -0.00201 e. The summed E-state index contributed by atoms with van der Waals surface area (Å²) in [6, 6.07) is 70.7. The Morgan fingerprint density at radius 3 is 1.21 bits per heavy atom. The van der Waals surface area contributed by atoms with Gasteiger partial charge in [0.15, 0.2) is 0 Å². The Bertz CT molecular complexity index is 2520. The largest absolute Gasteiger partial charge is 0.0622 e. The van der Waals surface area contributed by atoms with Gasteiger partial charge in [-0.05, 0) is 100 Å². The van der Waals surface area contributed by atoms with Crippen LogP contribution in [-0.4, -0.2) is 0 Å². The molecule has 9 aromatic rings. The van der Waals surface area contributed by atoms with E-state index in [-0.39, 0.29) is 0 Å². The Labute approximate surface area is 281 Å². The summed E-state index contributed by atoms with van der Waals surface area (Å²) >= 11 is 0. The van der Waals surface area contributed by atoms with Gasteiger partial charge in [0.05, 0.1) is 0 Å². The fourth-order valence-electron chi connectivity index (χ4n) is 7.37. The van der Waals surface area contributed by atoms with Crippen molar-refractivity contribution in [3.63, 3.8) is 0 Å². The van der Waals surface area contributed by atoms with E-state index in [1.165, 1.54) is 88.0 Å². The second-order valence-corrected chi connectivity index (χ2v) is 12.5. The van der Waals surface area contributed by atoms with Gasteiger partial charge >= 0.3 is 0 Å². The molecule has 0 spiro atoms. The summed E-state index contributed by atoms with van der Waals surface area (Å²) in [7, 11) is 0. The Balaban J connectivity index is 1.22. The molecular weight excluding hydrogens is 577 g/mol. The van der Waals surface area contributed by atoms with Gasteiger partial charge in [-0.15, -0.1) is 0 Å². The molecule has 0 heteroatoms. The van der Waals surface area contributed by atoms with E-state index in [2.05, 4.69) is 194 Å². The van der Waals surface area contributed by atoms with Gasteiger partial charge in [-0.3, -0.25) is 0 Å².